The normalized spacial score (nSPS) is 13.2. The second-order valence-corrected chi connectivity index (χ2v) is 2.06. The summed E-state index contributed by atoms with van der Waals surface area (Å²) < 4.78 is 0. The number of allylic oxidation sites excluding steroid dienone is 4. The molecule has 0 spiro atoms. The summed E-state index contributed by atoms with van der Waals surface area (Å²) in [4.78, 5) is 0. The van der Waals surface area contributed by atoms with E-state index in [1.807, 2.05) is 45.2 Å². The fourth-order valence-corrected chi connectivity index (χ4v) is 0.618. The zero-order valence-corrected chi connectivity index (χ0v) is 7.46. The molecule has 0 radical (unpaired) electrons. The maximum absolute atomic E-state index is 3.99. The van der Waals surface area contributed by atoms with E-state index in [1.165, 1.54) is 0 Å². The molecule has 0 saturated carbocycles. The fraction of sp³-hybridized carbons (Fsp3) is 0.444. The standard InChI is InChI=1S/C9H16N2/c1-4-7-9(5-2)8-11-10-6-3/h4-5,7-8,10H,6H2,1-3H3/b7-4-,9-5+,11-8?. The third-order valence-corrected chi connectivity index (χ3v) is 1.16. The average molecular weight is 152 g/mol. The van der Waals surface area contributed by atoms with Gasteiger partial charge in [-0.2, -0.15) is 5.10 Å². The molecule has 0 heterocycles. The SMILES string of the molecule is C/C=C\C(C=NNCC)=C/C. The van der Waals surface area contributed by atoms with Gasteiger partial charge in [0.25, 0.3) is 0 Å². The highest BCUT2D eigenvalue weighted by molar-refractivity contribution is 5.81. The zero-order valence-electron chi connectivity index (χ0n) is 7.46. The first-order chi connectivity index (χ1) is 5.35. The van der Waals surface area contributed by atoms with Crippen LogP contribution in [0.4, 0.5) is 0 Å². The predicted molar refractivity (Wildman–Crippen MR) is 50.7 cm³/mol. The van der Waals surface area contributed by atoms with Gasteiger partial charge in [0.15, 0.2) is 0 Å². The van der Waals surface area contributed by atoms with Gasteiger partial charge in [0.2, 0.25) is 0 Å². The first-order valence-electron chi connectivity index (χ1n) is 3.90. The number of hydrogen-bond donors (Lipinski definition) is 1. The molecule has 0 aliphatic carbocycles. The van der Waals surface area contributed by atoms with Crippen LogP contribution in [0.15, 0.2) is 28.9 Å². The Morgan fingerprint density at radius 2 is 2.18 bits per heavy atom. The lowest BCUT2D eigenvalue weighted by Gasteiger charge is -1.92. The lowest BCUT2D eigenvalue weighted by molar-refractivity contribution is 0.788. The van der Waals surface area contributed by atoms with E-state index in [0.717, 1.165) is 12.1 Å². The number of nitrogens with zero attached hydrogens (tertiary/aromatic N) is 1. The maximum atomic E-state index is 3.99. The number of hydrazone groups is 1. The van der Waals surface area contributed by atoms with Crippen LogP contribution in [0.25, 0.3) is 0 Å². The molecule has 0 aromatic carbocycles. The van der Waals surface area contributed by atoms with Gasteiger partial charge < -0.3 is 5.43 Å². The summed E-state index contributed by atoms with van der Waals surface area (Å²) in [7, 11) is 0. The van der Waals surface area contributed by atoms with E-state index in [2.05, 4.69) is 10.5 Å². The summed E-state index contributed by atoms with van der Waals surface area (Å²) in [5.41, 5.74) is 3.99. The Balaban J connectivity index is 3.88. The molecule has 0 aromatic heterocycles. The van der Waals surface area contributed by atoms with Crippen LogP contribution in [0.3, 0.4) is 0 Å². The fourth-order valence-electron chi connectivity index (χ4n) is 0.618. The lowest BCUT2D eigenvalue weighted by atomic mass is 10.2. The van der Waals surface area contributed by atoms with E-state index < -0.39 is 0 Å². The monoisotopic (exact) mass is 152 g/mol. The van der Waals surface area contributed by atoms with E-state index in [4.69, 9.17) is 0 Å². The minimum absolute atomic E-state index is 0.864. The van der Waals surface area contributed by atoms with Gasteiger partial charge in [0, 0.05) is 6.54 Å². The van der Waals surface area contributed by atoms with E-state index in [9.17, 15) is 0 Å². The molecular formula is C9H16N2. The van der Waals surface area contributed by atoms with Crippen molar-refractivity contribution in [1.82, 2.24) is 5.43 Å². The summed E-state index contributed by atoms with van der Waals surface area (Å²) in [5.74, 6) is 0. The summed E-state index contributed by atoms with van der Waals surface area (Å²) in [5, 5.41) is 3.99. The van der Waals surface area contributed by atoms with Gasteiger partial charge in [-0.15, -0.1) is 0 Å². The highest BCUT2D eigenvalue weighted by atomic mass is 15.3. The Bertz CT molecular complexity index is 166. The molecular weight excluding hydrogens is 136 g/mol. The van der Waals surface area contributed by atoms with E-state index >= 15 is 0 Å². The quantitative estimate of drug-likeness (QED) is 0.372. The van der Waals surface area contributed by atoms with Crippen LogP contribution >= 0.6 is 0 Å². The third kappa shape index (κ3) is 5.40. The van der Waals surface area contributed by atoms with Gasteiger partial charge in [0.1, 0.15) is 0 Å². The Kier molecular flexibility index (Phi) is 6.39. The van der Waals surface area contributed by atoms with Gasteiger partial charge in [0.05, 0.1) is 6.21 Å². The minimum atomic E-state index is 0.864. The summed E-state index contributed by atoms with van der Waals surface area (Å²) in [6, 6.07) is 0. The van der Waals surface area contributed by atoms with Gasteiger partial charge in [-0.25, -0.2) is 0 Å². The molecule has 2 heteroatoms. The number of nitrogens with one attached hydrogen (secondary N) is 1. The molecule has 0 saturated heterocycles. The van der Waals surface area contributed by atoms with Crippen molar-refractivity contribution >= 4 is 6.21 Å². The van der Waals surface area contributed by atoms with E-state index in [0.29, 0.717) is 0 Å². The average Bonchev–Trinajstić information content (AvgIpc) is 2.03. The van der Waals surface area contributed by atoms with Crippen molar-refractivity contribution in [2.45, 2.75) is 20.8 Å². The van der Waals surface area contributed by atoms with Crippen molar-refractivity contribution in [2.75, 3.05) is 6.54 Å². The second kappa shape index (κ2) is 7.06. The zero-order chi connectivity index (χ0) is 8.53. The van der Waals surface area contributed by atoms with Gasteiger partial charge in [-0.3, -0.25) is 0 Å². The molecule has 0 fully saturated rings. The van der Waals surface area contributed by atoms with Crippen molar-refractivity contribution in [3.05, 3.63) is 23.8 Å². The van der Waals surface area contributed by atoms with E-state index in [1.54, 1.807) is 0 Å². The van der Waals surface area contributed by atoms with Crippen molar-refractivity contribution in [3.63, 3.8) is 0 Å². The Hall–Kier alpha value is -1.05. The van der Waals surface area contributed by atoms with Crippen LogP contribution in [-0.2, 0) is 0 Å². The summed E-state index contributed by atoms with van der Waals surface area (Å²) >= 11 is 0. The van der Waals surface area contributed by atoms with Gasteiger partial charge >= 0.3 is 0 Å². The minimum Gasteiger partial charge on any atom is -0.310 e. The molecule has 0 rings (SSSR count). The van der Waals surface area contributed by atoms with Crippen molar-refractivity contribution in [1.29, 1.82) is 0 Å². The Morgan fingerprint density at radius 3 is 2.64 bits per heavy atom. The first kappa shape index (κ1) is 9.95. The molecule has 0 aliphatic rings. The topological polar surface area (TPSA) is 24.4 Å². The van der Waals surface area contributed by atoms with Gasteiger partial charge in [-0.05, 0) is 26.3 Å². The van der Waals surface area contributed by atoms with Crippen molar-refractivity contribution in [2.24, 2.45) is 5.10 Å². The molecule has 0 aromatic rings. The van der Waals surface area contributed by atoms with Crippen LogP contribution in [0.2, 0.25) is 0 Å². The molecule has 2 nitrogen and oxygen atoms in total. The molecule has 0 bridgehead atoms. The molecule has 11 heavy (non-hydrogen) atoms. The van der Waals surface area contributed by atoms with Crippen LogP contribution in [-0.4, -0.2) is 12.8 Å². The van der Waals surface area contributed by atoms with Crippen LogP contribution < -0.4 is 5.43 Å². The first-order valence-corrected chi connectivity index (χ1v) is 3.90. The molecule has 1 N–H and O–H groups in total. The third-order valence-electron chi connectivity index (χ3n) is 1.16. The molecule has 62 valence electrons. The van der Waals surface area contributed by atoms with E-state index in [-0.39, 0.29) is 0 Å². The Morgan fingerprint density at radius 1 is 1.45 bits per heavy atom. The molecule has 0 atom stereocenters. The van der Waals surface area contributed by atoms with Crippen molar-refractivity contribution in [3.8, 4) is 0 Å². The van der Waals surface area contributed by atoms with Crippen LogP contribution in [0, 0.1) is 0 Å². The van der Waals surface area contributed by atoms with Crippen molar-refractivity contribution < 1.29 is 0 Å². The summed E-state index contributed by atoms with van der Waals surface area (Å²) in [6.07, 6.45) is 7.83. The smallest absolute Gasteiger partial charge is 0.0537 e. The lowest BCUT2D eigenvalue weighted by Crippen LogP contribution is -2.03. The second-order valence-electron chi connectivity index (χ2n) is 2.06. The highest BCUT2D eigenvalue weighted by Gasteiger charge is 1.80. The van der Waals surface area contributed by atoms with Crippen LogP contribution in [0.1, 0.15) is 20.8 Å². The van der Waals surface area contributed by atoms with Crippen LogP contribution in [0.5, 0.6) is 0 Å². The van der Waals surface area contributed by atoms with Gasteiger partial charge in [-0.1, -0.05) is 18.2 Å². The number of rotatable bonds is 4. The molecule has 0 unspecified atom stereocenters. The largest absolute Gasteiger partial charge is 0.310 e. The Labute approximate surface area is 68.7 Å². The maximum Gasteiger partial charge on any atom is 0.0537 e. The molecule has 0 amide bonds. The predicted octanol–water partition coefficient (Wildman–Crippen LogP) is 2.10. The number of hydrogen-bond acceptors (Lipinski definition) is 2. The highest BCUT2D eigenvalue weighted by Crippen LogP contribution is 1.91. The summed E-state index contributed by atoms with van der Waals surface area (Å²) in [6.45, 7) is 6.86. The molecule has 0 aliphatic heterocycles.